The van der Waals surface area contributed by atoms with Crippen LogP contribution in [0.2, 0.25) is 0 Å². The zero-order chi connectivity index (χ0) is 13.3. The molecule has 1 aromatic rings. The van der Waals surface area contributed by atoms with Crippen molar-refractivity contribution >= 4 is 5.78 Å². The average Bonchev–Trinajstić information content (AvgIpc) is 2.85. The highest BCUT2D eigenvalue weighted by Crippen LogP contribution is 2.26. The Hall–Kier alpha value is -1.22. The van der Waals surface area contributed by atoms with E-state index in [1.54, 1.807) is 6.07 Å². The number of rotatable bonds is 3. The predicted molar refractivity (Wildman–Crippen MR) is 70.4 cm³/mol. The number of carbonyl (C=O) groups is 1. The lowest BCUT2D eigenvalue weighted by Crippen LogP contribution is -2.48. The Morgan fingerprint density at radius 2 is 1.89 bits per heavy atom. The first kappa shape index (κ1) is 13.2. The summed E-state index contributed by atoms with van der Waals surface area (Å²) in [5.41, 5.74) is 0.801. The fraction of sp³-hybridized carbons (Fsp3) is 0.533. The van der Waals surface area contributed by atoms with E-state index in [4.69, 9.17) is 0 Å². The SMILES string of the molecule is Cc1ccc(F)cc1C(=O)C(C)(C)N1CCCC1. The molecule has 0 amide bonds. The van der Waals surface area contributed by atoms with Crippen LogP contribution < -0.4 is 0 Å². The van der Waals surface area contributed by atoms with Crippen LogP contribution in [0.3, 0.4) is 0 Å². The van der Waals surface area contributed by atoms with Gasteiger partial charge in [-0.25, -0.2) is 4.39 Å². The van der Waals surface area contributed by atoms with Crippen molar-refractivity contribution in [2.45, 2.75) is 39.2 Å². The van der Waals surface area contributed by atoms with E-state index in [2.05, 4.69) is 4.90 Å². The molecule has 1 aromatic carbocycles. The minimum absolute atomic E-state index is 0.0152. The van der Waals surface area contributed by atoms with E-state index in [1.165, 1.54) is 12.1 Å². The quantitative estimate of drug-likeness (QED) is 0.767. The van der Waals surface area contributed by atoms with Crippen molar-refractivity contribution in [1.29, 1.82) is 0 Å². The molecule has 0 saturated carbocycles. The van der Waals surface area contributed by atoms with E-state index in [9.17, 15) is 9.18 Å². The minimum atomic E-state index is -0.547. The van der Waals surface area contributed by atoms with Crippen LogP contribution in [0.15, 0.2) is 18.2 Å². The lowest BCUT2D eigenvalue weighted by molar-refractivity contribution is 0.0701. The van der Waals surface area contributed by atoms with Gasteiger partial charge < -0.3 is 0 Å². The van der Waals surface area contributed by atoms with Gasteiger partial charge in [0.2, 0.25) is 0 Å². The number of likely N-dealkylation sites (tertiary alicyclic amines) is 1. The number of hydrogen-bond donors (Lipinski definition) is 0. The van der Waals surface area contributed by atoms with E-state index in [0.29, 0.717) is 5.56 Å². The molecule has 0 N–H and O–H groups in total. The van der Waals surface area contributed by atoms with Gasteiger partial charge in [0.05, 0.1) is 5.54 Å². The van der Waals surface area contributed by atoms with Crippen molar-refractivity contribution < 1.29 is 9.18 Å². The van der Waals surface area contributed by atoms with Gasteiger partial charge >= 0.3 is 0 Å². The predicted octanol–water partition coefficient (Wildman–Crippen LogP) is 3.19. The number of hydrogen-bond acceptors (Lipinski definition) is 2. The largest absolute Gasteiger partial charge is 0.292 e. The zero-order valence-corrected chi connectivity index (χ0v) is 11.3. The number of Topliss-reactive ketones (excluding diaryl/α,β-unsaturated/α-hetero) is 1. The molecule has 1 aliphatic heterocycles. The molecule has 0 aromatic heterocycles. The summed E-state index contributed by atoms with van der Waals surface area (Å²) in [5.74, 6) is -0.331. The van der Waals surface area contributed by atoms with Gasteiger partial charge in [0.1, 0.15) is 5.82 Å². The highest BCUT2D eigenvalue weighted by Gasteiger charge is 2.37. The molecule has 1 aliphatic rings. The maximum atomic E-state index is 13.3. The Kier molecular flexibility index (Phi) is 3.53. The normalized spacial score (nSPS) is 17.1. The second kappa shape index (κ2) is 4.81. The smallest absolute Gasteiger partial charge is 0.182 e. The Morgan fingerprint density at radius 3 is 2.50 bits per heavy atom. The topological polar surface area (TPSA) is 20.3 Å². The van der Waals surface area contributed by atoms with Crippen molar-refractivity contribution in [1.82, 2.24) is 4.90 Å². The number of benzene rings is 1. The van der Waals surface area contributed by atoms with Crippen molar-refractivity contribution in [3.8, 4) is 0 Å². The fourth-order valence-electron chi connectivity index (χ4n) is 2.59. The molecular weight excluding hydrogens is 229 g/mol. The molecule has 18 heavy (non-hydrogen) atoms. The molecular formula is C15H20FNO. The van der Waals surface area contributed by atoms with Crippen molar-refractivity contribution in [2.75, 3.05) is 13.1 Å². The summed E-state index contributed by atoms with van der Waals surface area (Å²) in [6, 6.07) is 4.42. The van der Waals surface area contributed by atoms with Crippen LogP contribution in [0, 0.1) is 12.7 Å². The van der Waals surface area contributed by atoms with E-state index in [-0.39, 0.29) is 11.6 Å². The highest BCUT2D eigenvalue weighted by atomic mass is 19.1. The highest BCUT2D eigenvalue weighted by molar-refractivity contribution is 6.03. The Morgan fingerprint density at radius 1 is 1.28 bits per heavy atom. The molecule has 0 radical (unpaired) electrons. The molecule has 0 bridgehead atoms. The van der Waals surface area contributed by atoms with E-state index >= 15 is 0 Å². The number of carbonyl (C=O) groups excluding carboxylic acids is 1. The summed E-state index contributed by atoms with van der Waals surface area (Å²) in [6.07, 6.45) is 2.28. The van der Waals surface area contributed by atoms with Gasteiger partial charge in [0.15, 0.2) is 5.78 Å². The fourth-order valence-corrected chi connectivity index (χ4v) is 2.59. The van der Waals surface area contributed by atoms with Crippen LogP contribution in [0.1, 0.15) is 42.6 Å². The minimum Gasteiger partial charge on any atom is -0.292 e. The summed E-state index contributed by atoms with van der Waals surface area (Å²) < 4.78 is 13.3. The molecule has 1 fully saturated rings. The van der Waals surface area contributed by atoms with Crippen LogP contribution >= 0.6 is 0 Å². The molecule has 3 heteroatoms. The monoisotopic (exact) mass is 249 g/mol. The molecule has 2 rings (SSSR count). The van der Waals surface area contributed by atoms with Crippen molar-refractivity contribution in [3.05, 3.63) is 35.1 Å². The van der Waals surface area contributed by atoms with Gasteiger partial charge in [-0.3, -0.25) is 9.69 Å². The maximum absolute atomic E-state index is 13.3. The van der Waals surface area contributed by atoms with Crippen LogP contribution in [0.25, 0.3) is 0 Å². The first-order valence-electron chi connectivity index (χ1n) is 6.49. The lowest BCUT2D eigenvalue weighted by atomic mass is 9.89. The molecule has 0 aliphatic carbocycles. The van der Waals surface area contributed by atoms with Gasteiger partial charge in [0, 0.05) is 5.56 Å². The third-order valence-corrected chi connectivity index (χ3v) is 3.90. The lowest BCUT2D eigenvalue weighted by Gasteiger charge is -2.34. The zero-order valence-electron chi connectivity index (χ0n) is 11.3. The van der Waals surface area contributed by atoms with Crippen molar-refractivity contribution in [2.24, 2.45) is 0 Å². The Bertz CT molecular complexity index is 462. The van der Waals surface area contributed by atoms with Gasteiger partial charge in [-0.05, 0) is 64.4 Å². The first-order chi connectivity index (χ1) is 8.43. The number of halogens is 1. The third-order valence-electron chi connectivity index (χ3n) is 3.90. The molecule has 2 nitrogen and oxygen atoms in total. The van der Waals surface area contributed by atoms with E-state index in [1.807, 2.05) is 20.8 Å². The second-order valence-electron chi connectivity index (χ2n) is 5.54. The van der Waals surface area contributed by atoms with Crippen LogP contribution in [0.4, 0.5) is 4.39 Å². The standard InChI is InChI=1S/C15H20FNO/c1-11-6-7-12(16)10-13(11)14(18)15(2,3)17-8-4-5-9-17/h6-7,10H,4-5,8-9H2,1-3H3. The van der Waals surface area contributed by atoms with Gasteiger partial charge in [-0.1, -0.05) is 6.07 Å². The molecule has 0 unspecified atom stereocenters. The number of ketones is 1. The second-order valence-corrected chi connectivity index (χ2v) is 5.54. The summed E-state index contributed by atoms with van der Waals surface area (Å²) in [7, 11) is 0. The third kappa shape index (κ3) is 2.32. The summed E-state index contributed by atoms with van der Waals surface area (Å²) in [6.45, 7) is 7.63. The molecule has 1 saturated heterocycles. The van der Waals surface area contributed by atoms with Crippen LogP contribution in [-0.2, 0) is 0 Å². The number of nitrogens with zero attached hydrogens (tertiary/aromatic N) is 1. The molecule has 0 spiro atoms. The van der Waals surface area contributed by atoms with E-state index < -0.39 is 5.54 Å². The first-order valence-corrected chi connectivity index (χ1v) is 6.49. The maximum Gasteiger partial charge on any atom is 0.182 e. The Labute approximate surface area is 108 Å². The van der Waals surface area contributed by atoms with Crippen LogP contribution in [0.5, 0.6) is 0 Å². The average molecular weight is 249 g/mol. The van der Waals surface area contributed by atoms with Gasteiger partial charge in [0.25, 0.3) is 0 Å². The Balaban J connectivity index is 2.32. The molecule has 98 valence electrons. The summed E-state index contributed by atoms with van der Waals surface area (Å²) >= 11 is 0. The summed E-state index contributed by atoms with van der Waals surface area (Å²) in [4.78, 5) is 14.8. The summed E-state index contributed by atoms with van der Waals surface area (Å²) in [5, 5.41) is 0. The molecule has 0 atom stereocenters. The number of aryl methyl sites for hydroxylation is 1. The van der Waals surface area contributed by atoms with Crippen molar-refractivity contribution in [3.63, 3.8) is 0 Å². The van der Waals surface area contributed by atoms with E-state index in [0.717, 1.165) is 31.5 Å². The van der Waals surface area contributed by atoms with Crippen LogP contribution in [-0.4, -0.2) is 29.3 Å². The van der Waals surface area contributed by atoms with Gasteiger partial charge in [-0.2, -0.15) is 0 Å². The molecule has 1 heterocycles. The van der Waals surface area contributed by atoms with Gasteiger partial charge in [-0.15, -0.1) is 0 Å².